The predicted molar refractivity (Wildman–Crippen MR) is 120 cm³/mol. The summed E-state index contributed by atoms with van der Waals surface area (Å²) in [5.74, 6) is 0. The molecule has 0 amide bonds. The maximum absolute atomic E-state index is 3.00. The van der Waals surface area contributed by atoms with Gasteiger partial charge in [-0.25, -0.2) is 0 Å². The van der Waals surface area contributed by atoms with E-state index >= 15 is 0 Å². The molecule has 0 aromatic carbocycles. The first-order valence-corrected chi connectivity index (χ1v) is 39.6. The van der Waals surface area contributed by atoms with Gasteiger partial charge in [0.1, 0.15) is 0 Å². The Balaban J connectivity index is 1.26. The van der Waals surface area contributed by atoms with E-state index in [1.165, 1.54) is 18.1 Å². The van der Waals surface area contributed by atoms with E-state index < -0.39 is 59.4 Å². The van der Waals surface area contributed by atoms with Crippen LogP contribution in [0.4, 0.5) is 0 Å². The Morgan fingerprint density at radius 2 is 0.680 bits per heavy atom. The van der Waals surface area contributed by atoms with E-state index in [1.807, 2.05) is 0 Å². The van der Waals surface area contributed by atoms with Crippen LogP contribution < -0.4 is 0 Å². The van der Waals surface area contributed by atoms with Gasteiger partial charge in [-0.3, -0.25) is 0 Å². The van der Waals surface area contributed by atoms with Gasteiger partial charge in [-0.05, 0) is 0 Å². The summed E-state index contributed by atoms with van der Waals surface area (Å²) in [6.45, 7) is 0. The molecule has 0 N–H and O–H groups in total. The minimum atomic E-state index is -1.25. The van der Waals surface area contributed by atoms with Crippen LogP contribution in [0.15, 0.2) is 0 Å². The van der Waals surface area contributed by atoms with Crippen LogP contribution in [0.3, 0.4) is 0 Å². The SMILES string of the molecule is C1C[CH]([Bi]([S][Bi]([CH]2CCC2)[CH]2CCC2)[S][Bi]([CH]2CCC2)[CH]2CCC2)C1. The van der Waals surface area contributed by atoms with Gasteiger partial charge in [-0.2, -0.15) is 0 Å². The number of hydrogen-bond donors (Lipinski definition) is 0. The van der Waals surface area contributed by atoms with E-state index in [0.29, 0.717) is 0 Å². The Morgan fingerprint density at radius 3 is 0.880 bits per heavy atom. The fourth-order valence-corrected chi connectivity index (χ4v) is 298. The van der Waals surface area contributed by atoms with E-state index in [2.05, 4.69) is 10.5 Å². The average molecular weight is 967 g/mol. The first-order chi connectivity index (χ1) is 12.4. The molecule has 142 valence electrons. The van der Waals surface area contributed by atoms with Crippen molar-refractivity contribution in [3.8, 4) is 0 Å². The molecule has 0 aromatic rings. The minimum absolute atomic E-state index is 1.17. The number of hydrogen-bond acceptors (Lipinski definition) is 2. The summed E-state index contributed by atoms with van der Waals surface area (Å²) in [6.07, 6.45) is 25.1. The van der Waals surface area contributed by atoms with Gasteiger partial charge in [0.05, 0.1) is 0 Å². The van der Waals surface area contributed by atoms with Crippen molar-refractivity contribution in [2.75, 3.05) is 0 Å². The predicted octanol–water partition coefficient (Wildman–Crippen LogP) is 7.69. The molecular formula is C20H35Bi3S2. The zero-order chi connectivity index (χ0) is 16.6. The van der Waals surface area contributed by atoms with Crippen LogP contribution in [0, 0.1) is 0 Å². The molecular weight excluding hydrogens is 931 g/mol. The first kappa shape index (κ1) is 20.3. The second-order valence-corrected chi connectivity index (χ2v) is 85.0. The van der Waals surface area contributed by atoms with Crippen molar-refractivity contribution < 1.29 is 0 Å². The summed E-state index contributed by atoms with van der Waals surface area (Å²) in [5.41, 5.74) is 0. The molecule has 0 atom stereocenters. The topological polar surface area (TPSA) is 0 Å². The van der Waals surface area contributed by atoms with Gasteiger partial charge in [0.2, 0.25) is 0 Å². The normalized spacial score (nSPS) is 29.4. The molecule has 0 heterocycles. The summed E-state index contributed by atoms with van der Waals surface area (Å²) in [5, 5.41) is 5.99. The Kier molecular flexibility index (Phi) is 7.82. The molecule has 0 aliphatic heterocycles. The van der Waals surface area contributed by atoms with Crippen molar-refractivity contribution in [3.63, 3.8) is 0 Å². The Bertz CT molecular complexity index is 380. The van der Waals surface area contributed by atoms with Crippen molar-refractivity contribution in [2.45, 2.75) is 114 Å². The molecule has 5 fully saturated rings. The van der Waals surface area contributed by atoms with E-state index in [4.69, 9.17) is 0 Å². The third-order valence-electron chi connectivity index (χ3n) is 7.46. The van der Waals surface area contributed by atoms with E-state index in [1.54, 1.807) is 96.3 Å². The number of rotatable bonds is 9. The van der Waals surface area contributed by atoms with Crippen LogP contribution in [-0.2, 0) is 0 Å². The molecule has 0 unspecified atom stereocenters. The van der Waals surface area contributed by atoms with Crippen LogP contribution in [-0.4, -0.2) is 59.4 Å². The molecule has 0 nitrogen and oxygen atoms in total. The zero-order valence-electron chi connectivity index (χ0n) is 15.7. The summed E-state index contributed by atoms with van der Waals surface area (Å²) >= 11 is -3.59. The van der Waals surface area contributed by atoms with Gasteiger partial charge in [0.25, 0.3) is 0 Å². The fourth-order valence-electron chi connectivity index (χ4n) is 4.36. The molecule has 5 rings (SSSR count). The molecule has 0 saturated heterocycles. The van der Waals surface area contributed by atoms with Crippen molar-refractivity contribution in [1.82, 2.24) is 0 Å². The van der Waals surface area contributed by atoms with Crippen LogP contribution in [0.5, 0.6) is 0 Å². The van der Waals surface area contributed by atoms with E-state index in [0.717, 1.165) is 0 Å². The Morgan fingerprint density at radius 1 is 0.400 bits per heavy atom. The van der Waals surface area contributed by atoms with E-state index in [-0.39, 0.29) is 0 Å². The standard InChI is InChI=1S/5C4H7.3Bi.2S/c5*1-2-4-3-1;;;;;/h5*1H,2-4H2;;;;;. The van der Waals surface area contributed by atoms with Gasteiger partial charge < -0.3 is 0 Å². The third kappa shape index (κ3) is 4.67. The van der Waals surface area contributed by atoms with Crippen LogP contribution in [0.2, 0.25) is 18.1 Å². The van der Waals surface area contributed by atoms with Crippen LogP contribution >= 0.6 is 10.5 Å². The molecule has 25 heavy (non-hydrogen) atoms. The summed E-state index contributed by atoms with van der Waals surface area (Å²) in [6, 6.07) is 0. The summed E-state index contributed by atoms with van der Waals surface area (Å²) in [7, 11) is 0. The second-order valence-electron chi connectivity index (χ2n) is 9.09. The molecule has 0 spiro atoms. The summed E-state index contributed by atoms with van der Waals surface area (Å²) in [4.78, 5) is 0. The molecule has 0 aromatic heterocycles. The fraction of sp³-hybridized carbons (Fsp3) is 1.00. The van der Waals surface area contributed by atoms with Gasteiger partial charge in [0, 0.05) is 0 Å². The molecule has 5 heteroatoms. The van der Waals surface area contributed by atoms with Crippen molar-refractivity contribution in [2.24, 2.45) is 0 Å². The molecule has 0 radical (unpaired) electrons. The van der Waals surface area contributed by atoms with E-state index in [9.17, 15) is 0 Å². The average Bonchev–Trinajstić information content (AvgIpc) is 2.27. The third-order valence-corrected chi connectivity index (χ3v) is 158. The molecule has 5 aliphatic carbocycles. The van der Waals surface area contributed by atoms with Crippen LogP contribution in [0.1, 0.15) is 96.3 Å². The van der Waals surface area contributed by atoms with Gasteiger partial charge in [-0.15, -0.1) is 0 Å². The molecule has 5 saturated carbocycles. The van der Waals surface area contributed by atoms with Crippen molar-refractivity contribution in [3.05, 3.63) is 0 Å². The monoisotopic (exact) mass is 966 g/mol. The second kappa shape index (κ2) is 9.65. The first-order valence-electron chi connectivity index (χ1n) is 11.1. The van der Waals surface area contributed by atoms with Gasteiger partial charge >= 0.3 is 184 Å². The van der Waals surface area contributed by atoms with Crippen LogP contribution in [0.25, 0.3) is 0 Å². The van der Waals surface area contributed by atoms with Crippen molar-refractivity contribution >= 4 is 69.9 Å². The van der Waals surface area contributed by atoms with Gasteiger partial charge in [0.15, 0.2) is 0 Å². The molecule has 0 bridgehead atoms. The maximum atomic E-state index is 3.00. The quantitative estimate of drug-likeness (QED) is 0.218. The Labute approximate surface area is 181 Å². The molecule has 5 aliphatic rings. The zero-order valence-corrected chi connectivity index (χ0v) is 27.7. The van der Waals surface area contributed by atoms with Gasteiger partial charge in [-0.1, -0.05) is 0 Å². The van der Waals surface area contributed by atoms with Crippen molar-refractivity contribution in [1.29, 1.82) is 0 Å². The Hall–Kier alpha value is 3.35. The summed E-state index contributed by atoms with van der Waals surface area (Å²) < 4.78 is 6.89.